The van der Waals surface area contributed by atoms with E-state index in [1.165, 1.54) is 18.7 Å². The number of hydrogen-bond donors (Lipinski definition) is 2. The molecule has 2 N–H and O–H groups in total. The van der Waals surface area contributed by atoms with Gasteiger partial charge in [-0.1, -0.05) is 36.6 Å². The largest absolute Gasteiger partial charge is 0.497 e. The van der Waals surface area contributed by atoms with Crippen molar-refractivity contribution in [2.45, 2.75) is 37.8 Å². The molecule has 3 aromatic rings. The number of aromatic nitrogens is 2. The van der Waals surface area contributed by atoms with Crippen molar-refractivity contribution in [3.63, 3.8) is 0 Å². The Bertz CT molecular complexity index is 1150. The van der Waals surface area contributed by atoms with E-state index in [1.807, 2.05) is 24.3 Å². The second kappa shape index (κ2) is 10.5. The zero-order valence-electron chi connectivity index (χ0n) is 18.7. The number of nitrogens with zero attached hydrogens (tertiary/aromatic N) is 2. The van der Waals surface area contributed by atoms with E-state index in [0.29, 0.717) is 47.2 Å². The molecular weight excluding hydrogens is 456 g/mol. The number of ether oxygens (including phenoxy) is 2. The summed E-state index contributed by atoms with van der Waals surface area (Å²) in [6, 6.07) is 12.6. The molecule has 0 bridgehead atoms. The van der Waals surface area contributed by atoms with Gasteiger partial charge in [0, 0.05) is 25.0 Å². The zero-order chi connectivity index (χ0) is 24.0. The Morgan fingerprint density at radius 1 is 1.03 bits per heavy atom. The molecule has 0 unspecified atom stereocenters. The minimum absolute atomic E-state index is 0.194. The molecule has 1 fully saturated rings. The van der Waals surface area contributed by atoms with Crippen molar-refractivity contribution in [2.24, 2.45) is 0 Å². The maximum Gasteiger partial charge on any atom is 0.255 e. The predicted molar refractivity (Wildman–Crippen MR) is 127 cm³/mol. The Morgan fingerprint density at radius 3 is 2.35 bits per heavy atom. The Morgan fingerprint density at radius 2 is 1.71 bits per heavy atom. The summed E-state index contributed by atoms with van der Waals surface area (Å²) in [6.07, 6.45) is 7.16. The van der Waals surface area contributed by atoms with E-state index >= 15 is 0 Å². The van der Waals surface area contributed by atoms with Gasteiger partial charge in [0.15, 0.2) is 0 Å². The minimum atomic E-state index is -0.929. The molecule has 2 amide bonds. The number of carbonyl (C=O) groups excluding carboxylic acids is 2. The molecular formula is C25H25ClN4O4. The number of amides is 2. The summed E-state index contributed by atoms with van der Waals surface area (Å²) in [6.45, 7) is 0.328. The normalized spacial score (nSPS) is 14.3. The average molecular weight is 481 g/mol. The number of methoxy groups -OCH3 is 1. The summed E-state index contributed by atoms with van der Waals surface area (Å²) in [5, 5.41) is 6.34. The maximum absolute atomic E-state index is 13.1. The average Bonchev–Trinajstić information content (AvgIpc) is 3.34. The highest BCUT2D eigenvalue weighted by Crippen LogP contribution is 2.33. The zero-order valence-corrected chi connectivity index (χ0v) is 19.5. The summed E-state index contributed by atoms with van der Waals surface area (Å²) >= 11 is 6.23. The van der Waals surface area contributed by atoms with E-state index in [4.69, 9.17) is 21.1 Å². The van der Waals surface area contributed by atoms with Gasteiger partial charge in [-0.3, -0.25) is 9.59 Å². The summed E-state index contributed by atoms with van der Waals surface area (Å²) in [4.78, 5) is 33.5. The van der Waals surface area contributed by atoms with Crippen molar-refractivity contribution in [3.8, 4) is 17.2 Å². The quantitative estimate of drug-likeness (QED) is 0.498. The Balaban J connectivity index is 1.36. The lowest BCUT2D eigenvalue weighted by atomic mass is 9.95. The van der Waals surface area contributed by atoms with Crippen LogP contribution in [0.5, 0.6) is 17.2 Å². The van der Waals surface area contributed by atoms with Crippen LogP contribution in [0.4, 0.5) is 0 Å². The number of nitrogens with one attached hydrogen (secondary N) is 2. The molecule has 0 atom stereocenters. The predicted octanol–water partition coefficient (Wildman–Crippen LogP) is 4.29. The molecule has 8 nitrogen and oxygen atoms in total. The van der Waals surface area contributed by atoms with Gasteiger partial charge in [0.2, 0.25) is 5.91 Å². The van der Waals surface area contributed by atoms with E-state index in [0.717, 1.165) is 18.4 Å². The highest BCUT2D eigenvalue weighted by molar-refractivity contribution is 6.32. The Hall–Kier alpha value is -3.65. The SMILES string of the molecule is COc1ccc(Oc2ccc(CNC(=O)C3(NC(=O)c4cncnc4)CCCC3)cc2)c(Cl)c1. The van der Waals surface area contributed by atoms with Crippen LogP contribution in [-0.4, -0.2) is 34.4 Å². The lowest BCUT2D eigenvalue weighted by Crippen LogP contribution is -2.57. The monoisotopic (exact) mass is 480 g/mol. The fourth-order valence-electron chi connectivity index (χ4n) is 3.94. The van der Waals surface area contributed by atoms with Gasteiger partial charge in [-0.15, -0.1) is 0 Å². The van der Waals surface area contributed by atoms with Crippen molar-refractivity contribution < 1.29 is 19.1 Å². The summed E-state index contributed by atoms with van der Waals surface area (Å²) in [7, 11) is 1.57. The van der Waals surface area contributed by atoms with Crippen LogP contribution >= 0.6 is 11.6 Å². The number of halogens is 1. The van der Waals surface area contributed by atoms with Crippen LogP contribution in [0.15, 0.2) is 61.2 Å². The van der Waals surface area contributed by atoms with Gasteiger partial charge >= 0.3 is 0 Å². The first-order chi connectivity index (χ1) is 16.5. The van der Waals surface area contributed by atoms with Crippen LogP contribution in [-0.2, 0) is 11.3 Å². The van der Waals surface area contributed by atoms with E-state index in [-0.39, 0.29) is 11.8 Å². The first-order valence-corrected chi connectivity index (χ1v) is 11.3. The van der Waals surface area contributed by atoms with Crippen LogP contribution in [0.25, 0.3) is 0 Å². The first-order valence-electron chi connectivity index (χ1n) is 11.0. The van der Waals surface area contributed by atoms with E-state index in [1.54, 1.807) is 25.3 Å². The van der Waals surface area contributed by atoms with E-state index < -0.39 is 5.54 Å². The lowest BCUT2D eigenvalue weighted by molar-refractivity contribution is -0.127. The Labute approximate surface area is 202 Å². The number of benzene rings is 2. The van der Waals surface area contributed by atoms with Crippen LogP contribution < -0.4 is 20.1 Å². The first kappa shape index (κ1) is 23.5. The third-order valence-electron chi connectivity index (χ3n) is 5.81. The summed E-state index contributed by atoms with van der Waals surface area (Å²) in [5.41, 5.74) is 0.299. The van der Waals surface area contributed by atoms with Crippen LogP contribution in [0.1, 0.15) is 41.6 Å². The van der Waals surface area contributed by atoms with E-state index in [9.17, 15) is 9.59 Å². The summed E-state index contributed by atoms with van der Waals surface area (Å²) in [5.74, 6) is 1.24. The van der Waals surface area contributed by atoms with Gasteiger partial charge in [-0.05, 0) is 42.7 Å². The van der Waals surface area contributed by atoms with Crippen molar-refractivity contribution >= 4 is 23.4 Å². The van der Waals surface area contributed by atoms with Gasteiger partial charge in [0.25, 0.3) is 5.91 Å². The third-order valence-corrected chi connectivity index (χ3v) is 6.11. The number of hydrogen-bond acceptors (Lipinski definition) is 6. The standard InChI is InChI=1S/C25H25ClN4O4/c1-33-20-8-9-22(21(26)12-20)34-19-6-4-17(5-7-19)13-29-24(32)25(10-2-3-11-25)30-23(31)18-14-27-16-28-15-18/h4-9,12,14-16H,2-3,10-11,13H2,1H3,(H,29,32)(H,30,31). The smallest absolute Gasteiger partial charge is 0.255 e. The highest BCUT2D eigenvalue weighted by atomic mass is 35.5. The third kappa shape index (κ3) is 5.46. The van der Waals surface area contributed by atoms with Gasteiger partial charge in [0.05, 0.1) is 17.7 Å². The van der Waals surface area contributed by atoms with Crippen LogP contribution in [0, 0.1) is 0 Å². The van der Waals surface area contributed by atoms with Gasteiger partial charge in [-0.2, -0.15) is 0 Å². The molecule has 34 heavy (non-hydrogen) atoms. The van der Waals surface area contributed by atoms with E-state index in [2.05, 4.69) is 20.6 Å². The molecule has 0 saturated heterocycles. The Kier molecular flexibility index (Phi) is 7.27. The second-order valence-corrected chi connectivity index (χ2v) is 8.50. The fraction of sp³-hybridized carbons (Fsp3) is 0.280. The molecule has 1 aliphatic rings. The molecule has 1 heterocycles. The molecule has 1 saturated carbocycles. The molecule has 2 aromatic carbocycles. The molecule has 9 heteroatoms. The number of carbonyl (C=O) groups is 2. The molecule has 0 aliphatic heterocycles. The molecule has 176 valence electrons. The summed E-state index contributed by atoms with van der Waals surface area (Å²) < 4.78 is 11.0. The topological polar surface area (TPSA) is 102 Å². The van der Waals surface area contributed by atoms with Crippen molar-refractivity contribution in [2.75, 3.05) is 7.11 Å². The van der Waals surface area contributed by atoms with Crippen molar-refractivity contribution in [3.05, 3.63) is 77.3 Å². The van der Waals surface area contributed by atoms with Gasteiger partial charge in [-0.25, -0.2) is 9.97 Å². The highest BCUT2D eigenvalue weighted by Gasteiger charge is 2.42. The molecule has 0 spiro atoms. The second-order valence-electron chi connectivity index (χ2n) is 8.10. The maximum atomic E-state index is 13.1. The van der Waals surface area contributed by atoms with Crippen molar-refractivity contribution in [1.82, 2.24) is 20.6 Å². The molecule has 4 rings (SSSR count). The lowest BCUT2D eigenvalue weighted by Gasteiger charge is -2.29. The molecule has 1 aromatic heterocycles. The minimum Gasteiger partial charge on any atom is -0.497 e. The number of rotatable bonds is 8. The van der Waals surface area contributed by atoms with Crippen LogP contribution in [0.3, 0.4) is 0 Å². The van der Waals surface area contributed by atoms with Gasteiger partial charge < -0.3 is 20.1 Å². The van der Waals surface area contributed by atoms with Crippen molar-refractivity contribution in [1.29, 1.82) is 0 Å². The molecule has 1 aliphatic carbocycles. The van der Waals surface area contributed by atoms with Gasteiger partial charge in [0.1, 0.15) is 29.1 Å². The van der Waals surface area contributed by atoms with Crippen LogP contribution in [0.2, 0.25) is 5.02 Å². The molecule has 0 radical (unpaired) electrons. The fourth-order valence-corrected chi connectivity index (χ4v) is 4.15.